The van der Waals surface area contributed by atoms with E-state index in [1.165, 1.54) is 24.8 Å². The SMILES string of the molecule is O=C(CCN1CCCO1)N1CCC(C2CCN(Cc3cccnc3)CC2)C1. The summed E-state index contributed by atoms with van der Waals surface area (Å²) in [5.41, 5.74) is 1.30. The minimum atomic E-state index is 0.307. The number of pyridine rings is 1. The van der Waals surface area contributed by atoms with Crippen molar-refractivity contribution in [2.75, 3.05) is 45.9 Å². The molecule has 27 heavy (non-hydrogen) atoms. The van der Waals surface area contributed by atoms with Gasteiger partial charge in [-0.2, -0.15) is 5.06 Å². The summed E-state index contributed by atoms with van der Waals surface area (Å²) >= 11 is 0. The summed E-state index contributed by atoms with van der Waals surface area (Å²) in [6, 6.07) is 4.18. The highest BCUT2D eigenvalue weighted by Gasteiger charge is 2.33. The zero-order chi connectivity index (χ0) is 18.5. The van der Waals surface area contributed by atoms with Crippen LogP contribution in [0.25, 0.3) is 0 Å². The zero-order valence-electron chi connectivity index (χ0n) is 16.3. The highest BCUT2D eigenvalue weighted by Crippen LogP contribution is 2.32. The molecule has 1 unspecified atom stereocenters. The summed E-state index contributed by atoms with van der Waals surface area (Å²) in [5, 5.41) is 1.95. The van der Waals surface area contributed by atoms with E-state index in [1.54, 1.807) is 0 Å². The molecule has 3 fully saturated rings. The molecule has 3 aliphatic heterocycles. The van der Waals surface area contributed by atoms with Crippen molar-refractivity contribution in [2.24, 2.45) is 11.8 Å². The topological polar surface area (TPSA) is 48.9 Å². The van der Waals surface area contributed by atoms with Crippen molar-refractivity contribution in [3.05, 3.63) is 30.1 Å². The molecular formula is C21H32N4O2. The van der Waals surface area contributed by atoms with Crippen molar-refractivity contribution >= 4 is 5.91 Å². The third-order valence-corrected chi connectivity index (χ3v) is 6.41. The molecular weight excluding hydrogens is 340 g/mol. The third kappa shape index (κ3) is 5.06. The maximum absolute atomic E-state index is 12.5. The minimum absolute atomic E-state index is 0.307. The van der Waals surface area contributed by atoms with E-state index in [1.807, 2.05) is 23.5 Å². The van der Waals surface area contributed by atoms with Crippen molar-refractivity contribution in [2.45, 2.75) is 38.6 Å². The van der Waals surface area contributed by atoms with E-state index in [9.17, 15) is 4.79 Å². The monoisotopic (exact) mass is 372 g/mol. The van der Waals surface area contributed by atoms with E-state index in [-0.39, 0.29) is 0 Å². The lowest BCUT2D eigenvalue weighted by Gasteiger charge is -2.34. The number of piperidine rings is 1. The van der Waals surface area contributed by atoms with E-state index in [4.69, 9.17) is 4.84 Å². The first-order chi connectivity index (χ1) is 13.3. The zero-order valence-corrected chi connectivity index (χ0v) is 16.3. The highest BCUT2D eigenvalue weighted by atomic mass is 16.7. The van der Waals surface area contributed by atoms with Crippen LogP contribution in [0.3, 0.4) is 0 Å². The maximum Gasteiger partial charge on any atom is 0.223 e. The van der Waals surface area contributed by atoms with Crippen LogP contribution < -0.4 is 0 Å². The maximum atomic E-state index is 12.5. The van der Waals surface area contributed by atoms with Gasteiger partial charge in [0.1, 0.15) is 0 Å². The van der Waals surface area contributed by atoms with Crippen LogP contribution in [0, 0.1) is 11.8 Å². The highest BCUT2D eigenvalue weighted by molar-refractivity contribution is 5.76. The summed E-state index contributed by atoms with van der Waals surface area (Å²) in [6.07, 6.45) is 9.18. The Morgan fingerprint density at radius 1 is 1.15 bits per heavy atom. The number of likely N-dealkylation sites (tertiary alicyclic amines) is 2. The predicted molar refractivity (Wildman–Crippen MR) is 104 cm³/mol. The Bertz CT molecular complexity index is 597. The van der Waals surface area contributed by atoms with Crippen molar-refractivity contribution in [3.63, 3.8) is 0 Å². The molecule has 4 rings (SSSR count). The van der Waals surface area contributed by atoms with Crippen LogP contribution >= 0.6 is 0 Å². The Kier molecular flexibility index (Phi) is 6.37. The lowest BCUT2D eigenvalue weighted by Crippen LogP contribution is -2.37. The quantitative estimate of drug-likeness (QED) is 0.766. The standard InChI is InChI=1S/C21H32N4O2/c26-21(7-13-25-9-2-14-27-25)24-12-6-20(17-24)19-4-10-23(11-5-19)16-18-3-1-8-22-15-18/h1,3,8,15,19-20H,2,4-7,9-14,16-17H2. The number of amides is 1. The molecule has 6 nitrogen and oxygen atoms in total. The Balaban J connectivity index is 1.18. The number of rotatable bonds is 6. The number of carbonyl (C=O) groups is 1. The Morgan fingerprint density at radius 3 is 2.74 bits per heavy atom. The lowest BCUT2D eigenvalue weighted by molar-refractivity contribution is -0.138. The first kappa shape index (κ1) is 18.8. The Morgan fingerprint density at radius 2 is 2.00 bits per heavy atom. The molecule has 4 heterocycles. The molecule has 3 saturated heterocycles. The number of aromatic nitrogens is 1. The Labute approximate surface area is 162 Å². The van der Waals surface area contributed by atoms with Gasteiger partial charge in [-0.1, -0.05) is 6.07 Å². The molecule has 3 aliphatic rings. The van der Waals surface area contributed by atoms with E-state index in [2.05, 4.69) is 20.9 Å². The second-order valence-corrected chi connectivity index (χ2v) is 8.23. The number of hydrogen-bond donors (Lipinski definition) is 0. The third-order valence-electron chi connectivity index (χ3n) is 6.41. The molecule has 0 N–H and O–H groups in total. The predicted octanol–water partition coefficient (Wildman–Crippen LogP) is 2.17. The fraction of sp³-hybridized carbons (Fsp3) is 0.714. The van der Waals surface area contributed by atoms with Crippen LogP contribution in [0.1, 0.15) is 37.7 Å². The smallest absolute Gasteiger partial charge is 0.223 e. The largest absolute Gasteiger partial charge is 0.342 e. The summed E-state index contributed by atoms with van der Waals surface area (Å²) in [5.74, 6) is 1.77. The van der Waals surface area contributed by atoms with Gasteiger partial charge in [0.2, 0.25) is 5.91 Å². The van der Waals surface area contributed by atoms with Gasteiger partial charge in [-0.15, -0.1) is 0 Å². The van der Waals surface area contributed by atoms with Crippen LogP contribution in [0.5, 0.6) is 0 Å². The minimum Gasteiger partial charge on any atom is -0.342 e. The molecule has 6 heteroatoms. The molecule has 0 radical (unpaired) electrons. The molecule has 0 aromatic carbocycles. The van der Waals surface area contributed by atoms with E-state index in [0.29, 0.717) is 18.2 Å². The first-order valence-corrected chi connectivity index (χ1v) is 10.5. The van der Waals surface area contributed by atoms with Crippen LogP contribution in [0.2, 0.25) is 0 Å². The Hall–Kier alpha value is -1.50. The molecule has 0 spiro atoms. The lowest BCUT2D eigenvalue weighted by atomic mass is 9.83. The fourth-order valence-electron chi connectivity index (χ4n) is 4.78. The van der Waals surface area contributed by atoms with Gasteiger partial charge in [0.25, 0.3) is 0 Å². The molecule has 148 valence electrons. The molecule has 1 aromatic heterocycles. The molecule has 0 aliphatic carbocycles. The molecule has 1 amide bonds. The van der Waals surface area contributed by atoms with Gasteiger partial charge in [0, 0.05) is 51.5 Å². The normalized spacial score (nSPS) is 25.3. The van der Waals surface area contributed by atoms with Crippen LogP contribution in [-0.2, 0) is 16.2 Å². The molecule has 0 bridgehead atoms. The van der Waals surface area contributed by atoms with Gasteiger partial charge in [-0.25, -0.2) is 0 Å². The fourth-order valence-corrected chi connectivity index (χ4v) is 4.78. The van der Waals surface area contributed by atoms with Crippen molar-refractivity contribution in [3.8, 4) is 0 Å². The molecule has 1 aromatic rings. The average molecular weight is 373 g/mol. The number of nitrogens with zero attached hydrogens (tertiary/aromatic N) is 4. The van der Waals surface area contributed by atoms with Gasteiger partial charge >= 0.3 is 0 Å². The number of hydrogen-bond acceptors (Lipinski definition) is 5. The average Bonchev–Trinajstić information content (AvgIpc) is 3.40. The number of carbonyl (C=O) groups excluding carboxylic acids is 1. The van der Waals surface area contributed by atoms with Crippen molar-refractivity contribution in [1.29, 1.82) is 0 Å². The van der Waals surface area contributed by atoms with E-state index >= 15 is 0 Å². The molecule has 1 atom stereocenters. The van der Waals surface area contributed by atoms with Gasteiger partial charge in [-0.05, 0) is 62.2 Å². The van der Waals surface area contributed by atoms with Gasteiger partial charge in [0.05, 0.1) is 6.61 Å². The summed E-state index contributed by atoms with van der Waals surface area (Å²) in [6.45, 7) is 7.76. The van der Waals surface area contributed by atoms with Crippen LogP contribution in [-0.4, -0.2) is 71.6 Å². The van der Waals surface area contributed by atoms with Gasteiger partial charge in [-0.3, -0.25) is 19.5 Å². The second kappa shape index (κ2) is 9.13. The van der Waals surface area contributed by atoms with E-state index in [0.717, 1.165) is 64.8 Å². The number of hydroxylamine groups is 2. The second-order valence-electron chi connectivity index (χ2n) is 8.23. The van der Waals surface area contributed by atoms with Crippen molar-refractivity contribution in [1.82, 2.24) is 19.8 Å². The summed E-state index contributed by atoms with van der Waals surface area (Å²) in [4.78, 5) is 26.9. The van der Waals surface area contributed by atoms with Crippen LogP contribution in [0.15, 0.2) is 24.5 Å². The van der Waals surface area contributed by atoms with Crippen LogP contribution in [0.4, 0.5) is 0 Å². The van der Waals surface area contributed by atoms with Gasteiger partial charge < -0.3 is 4.90 Å². The summed E-state index contributed by atoms with van der Waals surface area (Å²) < 4.78 is 0. The van der Waals surface area contributed by atoms with Gasteiger partial charge in [0.15, 0.2) is 0 Å². The molecule has 0 saturated carbocycles. The first-order valence-electron chi connectivity index (χ1n) is 10.5. The van der Waals surface area contributed by atoms with E-state index < -0.39 is 0 Å². The van der Waals surface area contributed by atoms with Crippen molar-refractivity contribution < 1.29 is 9.63 Å². The summed E-state index contributed by atoms with van der Waals surface area (Å²) in [7, 11) is 0.